The molecule has 208 valence electrons. The van der Waals surface area contributed by atoms with E-state index in [1.165, 1.54) is 4.57 Å². The van der Waals surface area contributed by atoms with E-state index in [4.69, 9.17) is 18.8 Å². The third-order valence-electron chi connectivity index (χ3n) is 7.66. The highest BCUT2D eigenvalue weighted by molar-refractivity contribution is 6.63. The van der Waals surface area contributed by atoms with Crippen molar-refractivity contribution in [3.05, 3.63) is 23.8 Å². The fraction of sp³-hybridized carbons (Fsp3) is 0.643. The van der Waals surface area contributed by atoms with Crippen LogP contribution in [0.3, 0.4) is 0 Å². The SMILES string of the molecule is CC(C)c1c(B2OC(C)(C)C(C)(C)O2)n(C(=O)O)c2ccc(OC3CCN(C(=O)OC(C)(C)C)CC3)cc12. The number of carbonyl (C=O) groups is 2. The summed E-state index contributed by atoms with van der Waals surface area (Å²) >= 11 is 0. The molecule has 1 aromatic carbocycles. The molecule has 4 rings (SSSR count). The van der Waals surface area contributed by atoms with Gasteiger partial charge in [0, 0.05) is 31.3 Å². The van der Waals surface area contributed by atoms with Crippen molar-refractivity contribution in [3.63, 3.8) is 0 Å². The topological polar surface area (TPSA) is 99.5 Å². The van der Waals surface area contributed by atoms with E-state index in [1.54, 1.807) is 17.0 Å². The molecule has 2 aliphatic heterocycles. The monoisotopic (exact) mass is 528 g/mol. The lowest BCUT2D eigenvalue weighted by Crippen LogP contribution is -2.44. The van der Waals surface area contributed by atoms with Crippen molar-refractivity contribution in [1.82, 2.24) is 9.47 Å². The van der Waals surface area contributed by atoms with Gasteiger partial charge in [-0.2, -0.15) is 0 Å². The van der Waals surface area contributed by atoms with Gasteiger partial charge < -0.3 is 28.8 Å². The zero-order valence-corrected chi connectivity index (χ0v) is 24.1. The number of hydrogen-bond donors (Lipinski definition) is 1. The largest absolute Gasteiger partial charge is 0.513 e. The van der Waals surface area contributed by atoms with Crippen LogP contribution < -0.4 is 10.3 Å². The number of ether oxygens (including phenoxy) is 2. The molecule has 2 aromatic rings. The Morgan fingerprint density at radius 2 is 1.66 bits per heavy atom. The Balaban J connectivity index is 1.61. The van der Waals surface area contributed by atoms with Gasteiger partial charge in [0.2, 0.25) is 0 Å². The van der Waals surface area contributed by atoms with Gasteiger partial charge in [-0.1, -0.05) is 13.8 Å². The molecule has 1 amide bonds. The molecule has 2 saturated heterocycles. The van der Waals surface area contributed by atoms with Gasteiger partial charge in [0.1, 0.15) is 17.5 Å². The zero-order valence-electron chi connectivity index (χ0n) is 24.1. The number of fused-ring (bicyclic) bond motifs is 1. The molecule has 1 N–H and O–H groups in total. The van der Waals surface area contributed by atoms with Gasteiger partial charge in [-0.25, -0.2) is 9.59 Å². The predicted molar refractivity (Wildman–Crippen MR) is 147 cm³/mol. The van der Waals surface area contributed by atoms with Crippen LogP contribution in [0.15, 0.2) is 18.2 Å². The van der Waals surface area contributed by atoms with Crippen molar-refractivity contribution in [1.29, 1.82) is 0 Å². The molecule has 0 bridgehead atoms. The first-order valence-electron chi connectivity index (χ1n) is 13.4. The average Bonchev–Trinajstić information content (AvgIpc) is 3.23. The standard InChI is InChI=1S/C28H41BN2O7/c1-17(2)22-20-16-19(35-18-12-14-30(15-13-18)25(34)36-26(3,4)5)10-11-21(20)31(24(32)33)23(22)29-37-27(6,7)28(8,9)38-29/h10-11,16-18H,12-15H2,1-9H3,(H,32,33). The first-order chi connectivity index (χ1) is 17.5. The summed E-state index contributed by atoms with van der Waals surface area (Å²) < 4.78 is 25.7. The summed E-state index contributed by atoms with van der Waals surface area (Å²) in [5.41, 5.74) is 0.203. The van der Waals surface area contributed by atoms with Crippen molar-refractivity contribution in [2.75, 3.05) is 13.1 Å². The van der Waals surface area contributed by atoms with E-state index in [1.807, 2.05) is 68.4 Å². The van der Waals surface area contributed by atoms with E-state index in [0.29, 0.717) is 42.8 Å². The highest BCUT2D eigenvalue weighted by Gasteiger charge is 2.54. The van der Waals surface area contributed by atoms with E-state index in [2.05, 4.69) is 0 Å². The summed E-state index contributed by atoms with van der Waals surface area (Å²) in [6, 6.07) is 5.51. The van der Waals surface area contributed by atoms with Crippen LogP contribution in [0.5, 0.6) is 5.75 Å². The third-order valence-corrected chi connectivity index (χ3v) is 7.66. The van der Waals surface area contributed by atoms with Crippen LogP contribution in [0, 0.1) is 0 Å². The number of carboxylic acid groups (broad SMARTS) is 1. The average molecular weight is 528 g/mol. The summed E-state index contributed by atoms with van der Waals surface area (Å²) in [6.07, 6.45) is -0.0792. The minimum absolute atomic E-state index is 0.0134. The predicted octanol–water partition coefficient (Wildman–Crippen LogP) is 5.37. The molecular weight excluding hydrogens is 487 g/mol. The first kappa shape index (κ1) is 28.3. The van der Waals surface area contributed by atoms with Crippen LogP contribution >= 0.6 is 0 Å². The van der Waals surface area contributed by atoms with Crippen molar-refractivity contribution < 1.29 is 33.5 Å². The summed E-state index contributed by atoms with van der Waals surface area (Å²) in [6.45, 7) is 18.6. The number of rotatable bonds is 4. The lowest BCUT2D eigenvalue weighted by atomic mass is 9.78. The molecule has 0 aliphatic carbocycles. The molecule has 10 heteroatoms. The van der Waals surface area contributed by atoms with Gasteiger partial charge in [-0.15, -0.1) is 0 Å². The Morgan fingerprint density at radius 3 is 2.16 bits per heavy atom. The normalized spacial score (nSPS) is 19.8. The number of likely N-dealkylation sites (tertiary alicyclic amines) is 1. The molecule has 0 unspecified atom stereocenters. The third kappa shape index (κ3) is 5.38. The Hall–Kier alpha value is -2.72. The summed E-state index contributed by atoms with van der Waals surface area (Å²) in [7, 11) is -0.817. The maximum absolute atomic E-state index is 12.5. The molecule has 0 saturated carbocycles. The molecule has 3 heterocycles. The highest BCUT2D eigenvalue weighted by Crippen LogP contribution is 2.39. The Bertz CT molecular complexity index is 1200. The van der Waals surface area contributed by atoms with Crippen LogP contribution in [-0.2, 0) is 14.0 Å². The molecule has 2 fully saturated rings. The number of hydrogen-bond acceptors (Lipinski definition) is 6. The van der Waals surface area contributed by atoms with E-state index in [0.717, 1.165) is 10.9 Å². The highest BCUT2D eigenvalue weighted by atomic mass is 16.7. The number of carbonyl (C=O) groups excluding carboxylic acids is 1. The van der Waals surface area contributed by atoms with E-state index < -0.39 is 30.0 Å². The smallest absolute Gasteiger partial charge is 0.490 e. The number of nitrogens with zero attached hydrogens (tertiary/aromatic N) is 2. The number of aromatic nitrogens is 1. The van der Waals surface area contributed by atoms with Crippen LogP contribution in [0.4, 0.5) is 9.59 Å². The van der Waals surface area contributed by atoms with Gasteiger partial charge in [-0.05, 0) is 78.1 Å². The zero-order chi connectivity index (χ0) is 28.2. The quantitative estimate of drug-likeness (QED) is 0.533. The number of benzene rings is 1. The van der Waals surface area contributed by atoms with Crippen molar-refractivity contribution in [2.24, 2.45) is 0 Å². The van der Waals surface area contributed by atoms with Gasteiger partial charge in [-0.3, -0.25) is 4.57 Å². The van der Waals surface area contributed by atoms with E-state index in [9.17, 15) is 14.7 Å². The first-order valence-corrected chi connectivity index (χ1v) is 13.4. The molecule has 38 heavy (non-hydrogen) atoms. The molecule has 0 atom stereocenters. The summed E-state index contributed by atoms with van der Waals surface area (Å²) in [4.78, 5) is 26.6. The van der Waals surface area contributed by atoms with Crippen LogP contribution in [0.25, 0.3) is 10.9 Å². The lowest BCUT2D eigenvalue weighted by molar-refractivity contribution is 0.00578. The minimum Gasteiger partial charge on any atom is -0.490 e. The fourth-order valence-electron chi connectivity index (χ4n) is 5.06. The molecule has 0 radical (unpaired) electrons. The maximum atomic E-state index is 12.5. The lowest BCUT2D eigenvalue weighted by Gasteiger charge is -2.33. The van der Waals surface area contributed by atoms with E-state index in [-0.39, 0.29) is 18.1 Å². The van der Waals surface area contributed by atoms with Crippen molar-refractivity contribution in [3.8, 4) is 5.75 Å². The summed E-state index contributed by atoms with van der Waals surface area (Å²) in [5.74, 6) is 0.678. The van der Waals surface area contributed by atoms with Crippen LogP contribution in [0.1, 0.15) is 86.6 Å². The van der Waals surface area contributed by atoms with Crippen molar-refractivity contribution in [2.45, 2.75) is 104 Å². The van der Waals surface area contributed by atoms with E-state index >= 15 is 0 Å². The second-order valence-corrected chi connectivity index (χ2v) is 12.6. The molecule has 1 aromatic heterocycles. The van der Waals surface area contributed by atoms with Crippen LogP contribution in [-0.4, -0.2) is 69.9 Å². The van der Waals surface area contributed by atoms with Crippen LogP contribution in [0.2, 0.25) is 0 Å². The molecule has 0 spiro atoms. The van der Waals surface area contributed by atoms with Gasteiger partial charge in [0.05, 0.1) is 22.3 Å². The number of piperidine rings is 1. The van der Waals surface area contributed by atoms with Crippen molar-refractivity contribution >= 4 is 35.8 Å². The molecule has 2 aliphatic rings. The Kier molecular flexibility index (Phi) is 7.29. The van der Waals surface area contributed by atoms with Gasteiger partial charge in [0.15, 0.2) is 0 Å². The summed E-state index contributed by atoms with van der Waals surface area (Å²) in [5, 5.41) is 11.0. The Morgan fingerprint density at radius 1 is 1.08 bits per heavy atom. The fourth-order valence-corrected chi connectivity index (χ4v) is 5.06. The second-order valence-electron chi connectivity index (χ2n) is 12.6. The van der Waals surface area contributed by atoms with Gasteiger partial charge >= 0.3 is 19.3 Å². The van der Waals surface area contributed by atoms with Gasteiger partial charge in [0.25, 0.3) is 0 Å². The molecule has 9 nitrogen and oxygen atoms in total. The maximum Gasteiger partial charge on any atom is 0.513 e. The number of amides is 1. The second kappa shape index (κ2) is 9.79. The minimum atomic E-state index is -1.09. The Labute approximate surface area is 225 Å². The molecular formula is C28H41BN2O7.